The smallest absolute Gasteiger partial charge is 0.326 e. The number of hydrogen-bond donors (Lipinski definition) is 2. The summed E-state index contributed by atoms with van der Waals surface area (Å²) in [5, 5.41) is 12.6. The maximum atomic E-state index is 13.3. The van der Waals surface area contributed by atoms with E-state index < -0.39 is 23.7 Å². The summed E-state index contributed by atoms with van der Waals surface area (Å²) in [6.45, 7) is 0. The lowest BCUT2D eigenvalue weighted by atomic mass is 10.1. The number of carboxylic acids is 1. The molecule has 2 aromatic carbocycles. The molecule has 0 aliphatic heterocycles. The van der Waals surface area contributed by atoms with Crippen molar-refractivity contribution >= 4 is 44.9 Å². The van der Waals surface area contributed by atoms with Crippen molar-refractivity contribution in [2.75, 3.05) is 0 Å². The van der Waals surface area contributed by atoms with E-state index in [0.29, 0.717) is 10.1 Å². The number of rotatable bonds is 5. The van der Waals surface area contributed by atoms with E-state index in [1.165, 1.54) is 18.2 Å². The Hall–Kier alpha value is -2.44. The Kier molecular flexibility index (Phi) is 5.01. The zero-order valence-corrected chi connectivity index (χ0v) is 14.4. The largest absolute Gasteiger partial charge is 0.480 e. The number of nitrogens with one attached hydrogen (secondary N) is 1. The highest BCUT2D eigenvalue weighted by Gasteiger charge is 2.24. The van der Waals surface area contributed by atoms with Crippen LogP contribution in [0.1, 0.15) is 15.2 Å². The molecule has 0 saturated carbocycles. The van der Waals surface area contributed by atoms with Gasteiger partial charge < -0.3 is 10.4 Å². The first-order valence-corrected chi connectivity index (χ1v) is 8.60. The lowest BCUT2D eigenvalue weighted by molar-refractivity contribution is -0.139. The van der Waals surface area contributed by atoms with Crippen molar-refractivity contribution < 1.29 is 19.1 Å². The van der Waals surface area contributed by atoms with Gasteiger partial charge in [0.05, 0.1) is 5.02 Å². The maximum Gasteiger partial charge on any atom is 0.326 e. The Bertz CT molecular complexity index is 942. The van der Waals surface area contributed by atoms with Gasteiger partial charge in [0.2, 0.25) is 0 Å². The van der Waals surface area contributed by atoms with Gasteiger partial charge in [0.25, 0.3) is 5.91 Å². The molecule has 3 rings (SSSR count). The summed E-state index contributed by atoms with van der Waals surface area (Å²) in [6.07, 6.45) is 0.152. The molecule has 1 amide bonds. The third-order valence-corrected chi connectivity index (χ3v) is 5.34. The number of fused-ring (bicyclic) bond motifs is 1. The number of benzene rings is 2. The minimum Gasteiger partial charge on any atom is -0.480 e. The maximum absolute atomic E-state index is 13.3. The van der Waals surface area contributed by atoms with Crippen molar-refractivity contribution in [1.29, 1.82) is 0 Å². The van der Waals surface area contributed by atoms with Crippen molar-refractivity contribution in [2.45, 2.75) is 12.5 Å². The second-order valence-corrected chi connectivity index (χ2v) is 6.87. The quantitative estimate of drug-likeness (QED) is 0.702. The summed E-state index contributed by atoms with van der Waals surface area (Å²) < 4.78 is 13.9. The average molecular weight is 378 g/mol. The van der Waals surface area contributed by atoms with E-state index in [4.69, 9.17) is 11.6 Å². The summed E-state index contributed by atoms with van der Waals surface area (Å²) in [5.74, 6) is -2.15. The predicted octanol–water partition coefficient (Wildman–Crippen LogP) is 4.12. The molecule has 0 radical (unpaired) electrons. The molecule has 0 bridgehead atoms. The van der Waals surface area contributed by atoms with Crippen molar-refractivity contribution in [3.8, 4) is 0 Å². The fourth-order valence-electron chi connectivity index (χ4n) is 2.46. The van der Waals surface area contributed by atoms with Crippen LogP contribution in [0.4, 0.5) is 4.39 Å². The van der Waals surface area contributed by atoms with Gasteiger partial charge in [-0.25, -0.2) is 9.18 Å². The third-order valence-electron chi connectivity index (χ3n) is 3.68. The first-order valence-electron chi connectivity index (χ1n) is 7.41. The number of carbonyl (C=O) groups is 2. The van der Waals surface area contributed by atoms with E-state index in [-0.39, 0.29) is 16.3 Å². The first kappa shape index (κ1) is 17.4. The summed E-state index contributed by atoms with van der Waals surface area (Å²) in [6, 6.07) is 12.0. The molecule has 3 aromatic rings. The Morgan fingerprint density at radius 2 is 1.92 bits per heavy atom. The second-order valence-electron chi connectivity index (χ2n) is 5.44. The third kappa shape index (κ3) is 3.81. The van der Waals surface area contributed by atoms with Crippen molar-refractivity contribution in [3.05, 3.63) is 69.8 Å². The van der Waals surface area contributed by atoms with Gasteiger partial charge in [-0.15, -0.1) is 11.3 Å². The summed E-state index contributed by atoms with van der Waals surface area (Å²) in [7, 11) is 0. The van der Waals surface area contributed by atoms with E-state index in [1.54, 1.807) is 24.3 Å². The molecule has 0 aliphatic rings. The number of thiophene rings is 1. The van der Waals surface area contributed by atoms with Gasteiger partial charge >= 0.3 is 5.97 Å². The van der Waals surface area contributed by atoms with Crippen LogP contribution in [0.3, 0.4) is 0 Å². The number of hydrogen-bond acceptors (Lipinski definition) is 3. The van der Waals surface area contributed by atoms with Crippen LogP contribution >= 0.6 is 22.9 Å². The zero-order chi connectivity index (χ0) is 18.0. The Morgan fingerprint density at radius 1 is 1.20 bits per heavy atom. The highest BCUT2D eigenvalue weighted by atomic mass is 35.5. The van der Waals surface area contributed by atoms with E-state index in [0.717, 1.165) is 16.9 Å². The Balaban J connectivity index is 1.84. The normalized spacial score (nSPS) is 12.1. The molecule has 1 heterocycles. The molecule has 128 valence electrons. The van der Waals surface area contributed by atoms with Crippen LogP contribution in [-0.2, 0) is 11.2 Å². The first-order chi connectivity index (χ1) is 12.0. The van der Waals surface area contributed by atoms with Gasteiger partial charge in [-0.3, -0.25) is 4.79 Å². The average Bonchev–Trinajstić information content (AvgIpc) is 2.91. The minimum absolute atomic E-state index is 0.152. The molecule has 7 heteroatoms. The highest BCUT2D eigenvalue weighted by molar-refractivity contribution is 7.21. The molecule has 2 N–H and O–H groups in total. The number of carboxylic acid groups (broad SMARTS) is 1. The number of carbonyl (C=O) groups excluding carboxylic acids is 1. The molecule has 0 saturated heterocycles. The summed E-state index contributed by atoms with van der Waals surface area (Å²) in [4.78, 5) is 24.1. The SMILES string of the molecule is O=C(N[C@@H](Cc1ccccc1)C(=O)O)c1sc2cc(F)ccc2c1Cl. The van der Waals surface area contributed by atoms with Gasteiger partial charge in [-0.05, 0) is 23.8 Å². The standard InChI is InChI=1S/C18H13ClFNO3S/c19-15-12-7-6-11(20)9-14(12)25-16(15)17(22)21-13(18(23)24)8-10-4-2-1-3-5-10/h1-7,9,13H,8H2,(H,21,22)(H,23,24)/t13-/m0/s1. The van der Waals surface area contributed by atoms with Crippen LogP contribution < -0.4 is 5.32 Å². The van der Waals surface area contributed by atoms with Crippen molar-refractivity contribution in [1.82, 2.24) is 5.32 Å². The molecule has 0 unspecified atom stereocenters. The van der Waals surface area contributed by atoms with Crippen LogP contribution in [0.5, 0.6) is 0 Å². The molecule has 1 aromatic heterocycles. The van der Waals surface area contributed by atoms with Gasteiger partial charge in [-0.2, -0.15) is 0 Å². The number of amides is 1. The lowest BCUT2D eigenvalue weighted by Crippen LogP contribution is -2.42. The monoisotopic (exact) mass is 377 g/mol. The highest BCUT2D eigenvalue weighted by Crippen LogP contribution is 2.35. The topological polar surface area (TPSA) is 66.4 Å². The zero-order valence-electron chi connectivity index (χ0n) is 12.8. The van der Waals surface area contributed by atoms with Crippen LogP contribution in [0.15, 0.2) is 48.5 Å². The Morgan fingerprint density at radius 3 is 2.60 bits per heavy atom. The molecule has 25 heavy (non-hydrogen) atoms. The van der Waals surface area contributed by atoms with Gasteiger partial charge in [0, 0.05) is 16.5 Å². The molecular weight excluding hydrogens is 365 g/mol. The van der Waals surface area contributed by atoms with Crippen LogP contribution in [0.2, 0.25) is 5.02 Å². The van der Waals surface area contributed by atoms with Crippen LogP contribution in [0.25, 0.3) is 10.1 Å². The second kappa shape index (κ2) is 7.21. The summed E-state index contributed by atoms with van der Waals surface area (Å²) in [5.41, 5.74) is 0.791. The van der Waals surface area contributed by atoms with Crippen LogP contribution in [-0.4, -0.2) is 23.0 Å². The lowest BCUT2D eigenvalue weighted by Gasteiger charge is -2.14. The van der Waals surface area contributed by atoms with E-state index in [9.17, 15) is 19.1 Å². The summed E-state index contributed by atoms with van der Waals surface area (Å²) >= 11 is 7.24. The van der Waals surface area contributed by atoms with Crippen molar-refractivity contribution in [2.24, 2.45) is 0 Å². The molecule has 0 spiro atoms. The van der Waals surface area contributed by atoms with Gasteiger partial charge in [0.1, 0.15) is 16.7 Å². The molecule has 1 atom stereocenters. The molecule has 0 fully saturated rings. The molecule has 4 nitrogen and oxygen atoms in total. The predicted molar refractivity (Wildman–Crippen MR) is 95.8 cm³/mol. The van der Waals surface area contributed by atoms with E-state index in [1.807, 2.05) is 6.07 Å². The van der Waals surface area contributed by atoms with Crippen LogP contribution in [0, 0.1) is 5.82 Å². The van der Waals surface area contributed by atoms with Gasteiger partial charge in [-0.1, -0.05) is 41.9 Å². The number of aliphatic carboxylic acids is 1. The number of halogens is 2. The van der Waals surface area contributed by atoms with Crippen molar-refractivity contribution in [3.63, 3.8) is 0 Å². The Labute approximate surface area is 151 Å². The minimum atomic E-state index is -1.14. The fraction of sp³-hybridized carbons (Fsp3) is 0.111. The van der Waals surface area contributed by atoms with E-state index in [2.05, 4.69) is 5.32 Å². The van der Waals surface area contributed by atoms with Gasteiger partial charge in [0.15, 0.2) is 0 Å². The van der Waals surface area contributed by atoms with E-state index >= 15 is 0 Å². The fourth-order valence-corrected chi connectivity index (χ4v) is 3.90. The molecular formula is C18H13ClFNO3S. The molecule has 0 aliphatic carbocycles.